The van der Waals surface area contributed by atoms with Crippen LogP contribution in [0.4, 0.5) is 5.69 Å². The van der Waals surface area contributed by atoms with Gasteiger partial charge >= 0.3 is 0 Å². The van der Waals surface area contributed by atoms with Crippen LogP contribution in [-0.4, -0.2) is 16.0 Å². The average Bonchev–Trinajstić information content (AvgIpc) is 2.83. The summed E-state index contributed by atoms with van der Waals surface area (Å²) in [5.74, 6) is 0.851. The Kier molecular flexibility index (Phi) is 3.06. The van der Waals surface area contributed by atoms with Crippen LogP contribution in [-0.2, 0) is 0 Å². The van der Waals surface area contributed by atoms with Gasteiger partial charge in [-0.1, -0.05) is 12.1 Å². The fraction of sp³-hybridized carbons (Fsp3) is 0.188. The largest absolute Gasteiger partial charge is 0.493 e. The minimum Gasteiger partial charge on any atom is -0.493 e. The Bertz CT molecular complexity index is 762. The molecule has 102 valence electrons. The molecule has 2 aromatic heterocycles. The number of para-hydroxylation sites is 1. The lowest BCUT2D eigenvalue weighted by atomic mass is 10.1. The Labute approximate surface area is 117 Å². The second kappa shape index (κ2) is 4.89. The molecular weight excluding hydrogens is 250 g/mol. The number of anilines is 1. The molecule has 0 aliphatic carbocycles. The van der Waals surface area contributed by atoms with Gasteiger partial charge in [0.25, 0.3) is 0 Å². The summed E-state index contributed by atoms with van der Waals surface area (Å²) in [5, 5.41) is 0. The Morgan fingerprint density at radius 1 is 1.25 bits per heavy atom. The van der Waals surface area contributed by atoms with Crippen LogP contribution in [0.3, 0.4) is 0 Å². The predicted octanol–water partition coefficient (Wildman–Crippen LogP) is 3.29. The molecule has 0 amide bonds. The third-order valence-electron chi connectivity index (χ3n) is 3.22. The van der Waals surface area contributed by atoms with Crippen LogP contribution in [0.25, 0.3) is 16.9 Å². The summed E-state index contributed by atoms with van der Waals surface area (Å²) in [7, 11) is 0. The average molecular weight is 267 g/mol. The van der Waals surface area contributed by atoms with Crippen LogP contribution in [0.15, 0.2) is 42.7 Å². The first kappa shape index (κ1) is 12.5. The van der Waals surface area contributed by atoms with Crippen molar-refractivity contribution < 1.29 is 4.74 Å². The molecule has 0 spiro atoms. The van der Waals surface area contributed by atoms with Crippen LogP contribution in [0.2, 0.25) is 0 Å². The first-order valence-corrected chi connectivity index (χ1v) is 6.66. The maximum Gasteiger partial charge on any atom is 0.140 e. The smallest absolute Gasteiger partial charge is 0.140 e. The van der Waals surface area contributed by atoms with Gasteiger partial charge < -0.3 is 14.9 Å². The molecule has 0 saturated heterocycles. The maximum atomic E-state index is 5.88. The van der Waals surface area contributed by atoms with Crippen LogP contribution in [0, 0.1) is 6.92 Å². The van der Waals surface area contributed by atoms with E-state index in [2.05, 4.69) is 0 Å². The number of rotatable bonds is 3. The molecule has 0 saturated carbocycles. The second-order valence-electron chi connectivity index (χ2n) is 4.74. The van der Waals surface area contributed by atoms with Crippen molar-refractivity contribution in [1.29, 1.82) is 0 Å². The molecule has 0 fully saturated rings. The SMILES string of the molecule is CCOc1ccccc1-c1cn2cc(N)cc(C)c2n1. The Balaban J connectivity index is 2.18. The van der Waals surface area contributed by atoms with Crippen molar-refractivity contribution in [2.24, 2.45) is 0 Å². The maximum absolute atomic E-state index is 5.88. The molecular formula is C16H17N3O. The van der Waals surface area contributed by atoms with Crippen LogP contribution in [0.5, 0.6) is 5.75 Å². The van der Waals surface area contributed by atoms with E-state index in [0.29, 0.717) is 6.61 Å². The van der Waals surface area contributed by atoms with E-state index in [1.54, 1.807) is 0 Å². The molecule has 3 aromatic rings. The highest BCUT2D eigenvalue weighted by Crippen LogP contribution is 2.30. The summed E-state index contributed by atoms with van der Waals surface area (Å²) in [4.78, 5) is 4.69. The fourth-order valence-corrected chi connectivity index (χ4v) is 2.39. The second-order valence-corrected chi connectivity index (χ2v) is 4.74. The van der Waals surface area contributed by atoms with E-state index in [4.69, 9.17) is 15.5 Å². The number of hydrogen-bond donors (Lipinski definition) is 1. The topological polar surface area (TPSA) is 52.5 Å². The predicted molar refractivity (Wildman–Crippen MR) is 80.9 cm³/mol. The van der Waals surface area contributed by atoms with E-state index in [1.165, 1.54) is 0 Å². The first-order chi connectivity index (χ1) is 9.69. The van der Waals surface area contributed by atoms with E-state index in [1.807, 2.05) is 61.0 Å². The van der Waals surface area contributed by atoms with E-state index < -0.39 is 0 Å². The number of nitrogen functional groups attached to an aromatic ring is 1. The first-order valence-electron chi connectivity index (χ1n) is 6.66. The summed E-state index contributed by atoms with van der Waals surface area (Å²) in [6.07, 6.45) is 3.86. The zero-order valence-corrected chi connectivity index (χ0v) is 11.6. The van der Waals surface area contributed by atoms with Crippen molar-refractivity contribution in [3.8, 4) is 17.0 Å². The van der Waals surface area contributed by atoms with Crippen molar-refractivity contribution >= 4 is 11.3 Å². The van der Waals surface area contributed by atoms with Gasteiger partial charge in [0.05, 0.1) is 12.3 Å². The summed E-state index contributed by atoms with van der Waals surface area (Å²) in [5.41, 5.74) is 10.5. The number of imidazole rings is 1. The number of pyridine rings is 1. The lowest BCUT2D eigenvalue weighted by Crippen LogP contribution is -1.93. The van der Waals surface area contributed by atoms with Gasteiger partial charge in [0, 0.05) is 23.6 Å². The van der Waals surface area contributed by atoms with E-state index in [-0.39, 0.29) is 0 Å². The Morgan fingerprint density at radius 3 is 2.85 bits per heavy atom. The minimum atomic E-state index is 0.635. The number of hydrogen-bond acceptors (Lipinski definition) is 3. The molecule has 20 heavy (non-hydrogen) atoms. The molecule has 3 rings (SSSR count). The van der Waals surface area contributed by atoms with Crippen molar-refractivity contribution in [2.45, 2.75) is 13.8 Å². The van der Waals surface area contributed by atoms with Crippen LogP contribution >= 0.6 is 0 Å². The summed E-state index contributed by atoms with van der Waals surface area (Å²) in [6.45, 7) is 4.62. The number of aromatic nitrogens is 2. The van der Waals surface area contributed by atoms with Gasteiger partial charge in [-0.2, -0.15) is 0 Å². The number of nitrogens with zero attached hydrogens (tertiary/aromatic N) is 2. The van der Waals surface area contributed by atoms with Crippen molar-refractivity contribution in [1.82, 2.24) is 9.38 Å². The molecule has 0 aliphatic rings. The monoisotopic (exact) mass is 267 g/mol. The minimum absolute atomic E-state index is 0.635. The van der Waals surface area contributed by atoms with Gasteiger partial charge in [0.2, 0.25) is 0 Å². The lowest BCUT2D eigenvalue weighted by Gasteiger charge is -2.07. The normalized spacial score (nSPS) is 10.9. The van der Waals surface area contributed by atoms with E-state index in [0.717, 1.165) is 33.9 Å². The highest BCUT2D eigenvalue weighted by molar-refractivity contribution is 5.70. The molecule has 0 aliphatic heterocycles. The molecule has 2 heterocycles. The number of nitrogens with two attached hydrogens (primary N) is 1. The summed E-state index contributed by atoms with van der Waals surface area (Å²) < 4.78 is 7.63. The van der Waals surface area contributed by atoms with Gasteiger partial charge in [-0.25, -0.2) is 4.98 Å². The highest BCUT2D eigenvalue weighted by Gasteiger charge is 2.11. The summed E-state index contributed by atoms with van der Waals surface area (Å²) in [6, 6.07) is 9.87. The molecule has 0 bridgehead atoms. The third kappa shape index (κ3) is 2.09. The highest BCUT2D eigenvalue weighted by atomic mass is 16.5. The molecule has 2 N–H and O–H groups in total. The van der Waals surface area contributed by atoms with Gasteiger partial charge in [-0.05, 0) is 37.6 Å². The lowest BCUT2D eigenvalue weighted by molar-refractivity contribution is 0.341. The molecule has 0 atom stereocenters. The van der Waals surface area contributed by atoms with Gasteiger partial charge in [-0.15, -0.1) is 0 Å². The van der Waals surface area contributed by atoms with Crippen LogP contribution in [0.1, 0.15) is 12.5 Å². The van der Waals surface area contributed by atoms with Gasteiger partial charge in [0.1, 0.15) is 11.4 Å². The standard InChI is InChI=1S/C16H17N3O/c1-3-20-15-7-5-4-6-13(15)14-10-19-9-12(17)8-11(2)16(19)18-14/h4-10H,3,17H2,1-2H3. The fourth-order valence-electron chi connectivity index (χ4n) is 2.39. The number of ether oxygens (including phenoxy) is 1. The molecule has 4 nitrogen and oxygen atoms in total. The molecule has 1 aromatic carbocycles. The zero-order chi connectivity index (χ0) is 14.1. The van der Waals surface area contributed by atoms with Crippen LogP contribution < -0.4 is 10.5 Å². The summed E-state index contributed by atoms with van der Waals surface area (Å²) >= 11 is 0. The quantitative estimate of drug-likeness (QED) is 0.792. The van der Waals surface area contributed by atoms with E-state index in [9.17, 15) is 0 Å². The van der Waals surface area contributed by atoms with Crippen molar-refractivity contribution in [3.63, 3.8) is 0 Å². The van der Waals surface area contributed by atoms with Gasteiger partial charge in [0.15, 0.2) is 0 Å². The zero-order valence-electron chi connectivity index (χ0n) is 11.6. The van der Waals surface area contributed by atoms with E-state index >= 15 is 0 Å². The number of aryl methyl sites for hydroxylation is 1. The Hall–Kier alpha value is -2.49. The van der Waals surface area contributed by atoms with Crippen molar-refractivity contribution in [3.05, 3.63) is 48.3 Å². The third-order valence-corrected chi connectivity index (χ3v) is 3.22. The van der Waals surface area contributed by atoms with Gasteiger partial charge in [-0.3, -0.25) is 0 Å². The molecule has 4 heteroatoms. The molecule has 0 unspecified atom stereocenters. The Morgan fingerprint density at radius 2 is 2.05 bits per heavy atom. The van der Waals surface area contributed by atoms with Crippen molar-refractivity contribution in [2.75, 3.05) is 12.3 Å². The number of benzene rings is 1. The number of fused-ring (bicyclic) bond motifs is 1. The molecule has 0 radical (unpaired) electrons.